The van der Waals surface area contributed by atoms with Crippen LogP contribution in [0.4, 0.5) is 0 Å². The van der Waals surface area contributed by atoms with E-state index in [4.69, 9.17) is 33.3 Å². The van der Waals surface area contributed by atoms with Crippen LogP contribution < -0.4 is 0 Å². The number of methoxy groups -OCH3 is 1. The van der Waals surface area contributed by atoms with Crippen molar-refractivity contribution in [1.29, 1.82) is 0 Å². The number of oxime groups is 1. The molecule has 3 aliphatic rings. The minimum absolute atomic E-state index is 0.0331. The molecule has 18 atom stereocenters. The minimum atomic E-state index is -1.93. The second-order valence-corrected chi connectivity index (χ2v) is 22.0. The Morgan fingerprint density at radius 2 is 1.31 bits per heavy atom. The molecule has 0 amide bonds. The number of nitrogens with zero attached hydrogens (tertiary/aromatic N) is 2. The van der Waals surface area contributed by atoms with E-state index in [1.54, 1.807) is 41.5 Å². The number of carbonyl (C=O) groups excluding carboxylic acids is 1. The maximum atomic E-state index is 14.5. The summed E-state index contributed by atoms with van der Waals surface area (Å²) in [6.45, 7) is 20.0. The summed E-state index contributed by atoms with van der Waals surface area (Å²) in [7, 11) is 5.28. The lowest BCUT2D eigenvalue weighted by molar-refractivity contribution is -0.317. The molecule has 0 spiro atoms. The second-order valence-electron chi connectivity index (χ2n) is 22.0. The van der Waals surface area contributed by atoms with E-state index in [-0.39, 0.29) is 31.4 Å². The van der Waals surface area contributed by atoms with Crippen molar-refractivity contribution in [2.24, 2.45) is 28.8 Å². The van der Waals surface area contributed by atoms with Crippen molar-refractivity contribution in [3.63, 3.8) is 0 Å². The Balaban J connectivity index is 1.96. The quantitative estimate of drug-likeness (QED) is 0.0374. The fraction of sp³-hybridized carbons (Fsp3) is 0.962. The van der Waals surface area contributed by atoms with Gasteiger partial charge in [0.2, 0.25) is 0 Å². The molecule has 3 heterocycles. The highest BCUT2D eigenvalue weighted by Crippen LogP contribution is 2.41. The van der Waals surface area contributed by atoms with Crippen LogP contribution in [0, 0.1) is 23.7 Å². The average molecular weight is 973 g/mol. The lowest BCUT2D eigenvalue weighted by Gasteiger charge is -2.49. The predicted molar refractivity (Wildman–Crippen MR) is 265 cm³/mol. The molecule has 3 fully saturated rings. The highest BCUT2D eigenvalue weighted by atomic mass is 16.7. The SMILES string of the molecule is CCCCCCCCCCCCCCCCO/N=C1\[C@H](C)C[C@@](C)(O)[C@H](O[C@@H]2O[C@H](C)C[C@H](N(C)C)[C@H]2O)[C@@H](C)[C@H](O[C@H]2C[C@@](C)(OC)[C@@H](O)[C@H](C)O2)[C@@H](C)C(=O)O[C@H](CC)[C@@](C)(O)[C@H](O)[C@H]1C. The van der Waals surface area contributed by atoms with Crippen LogP contribution in [-0.4, -0.2) is 154 Å². The molecule has 3 aliphatic heterocycles. The standard InChI is InChI=1S/C53H100N2O13/c1-15-17-18-19-20-21-22-23-24-25-26-27-28-29-30-63-54-43-34(3)32-51(9,60)48(68-50-44(56)40(55(12)13)31-35(4)64-50)37(6)45(67-42-33-52(10,62-14)47(58)39(8)65-42)38(7)49(59)66-41(16-2)53(11,61)46(57)36(43)5/h34-42,44-48,50,56-58,60-61H,15-33H2,1-14H3/b54-43+/t34-,35-,36+,37+,38-,39+,40+,41-,42+,44-,45+,46-,47+,48-,50+,51-,52-,53-/m1/s1. The van der Waals surface area contributed by atoms with Gasteiger partial charge in [-0.1, -0.05) is 117 Å². The third kappa shape index (κ3) is 17.1. The molecule has 0 aromatic heterocycles. The van der Waals surface area contributed by atoms with E-state index in [0.717, 1.165) is 19.3 Å². The van der Waals surface area contributed by atoms with E-state index < -0.39 is 102 Å². The fourth-order valence-corrected chi connectivity index (χ4v) is 11.1. The van der Waals surface area contributed by atoms with Gasteiger partial charge in [-0.2, -0.15) is 0 Å². The van der Waals surface area contributed by atoms with Gasteiger partial charge >= 0.3 is 5.97 Å². The van der Waals surface area contributed by atoms with Gasteiger partial charge in [0, 0.05) is 37.3 Å². The molecule has 0 radical (unpaired) electrons. The number of ether oxygens (including phenoxy) is 6. The molecular formula is C53H100N2O13. The number of cyclic esters (lactones) is 1. The fourth-order valence-electron chi connectivity index (χ4n) is 11.1. The van der Waals surface area contributed by atoms with Gasteiger partial charge < -0.3 is 63.7 Å². The summed E-state index contributed by atoms with van der Waals surface area (Å²) in [6, 6.07) is -0.311. The zero-order valence-electron chi connectivity index (χ0n) is 45.0. The Kier molecular flexibility index (Phi) is 25.6. The first-order chi connectivity index (χ1) is 32.0. The van der Waals surface area contributed by atoms with E-state index in [2.05, 4.69) is 12.1 Å². The van der Waals surface area contributed by atoms with Crippen LogP contribution in [0.15, 0.2) is 5.16 Å². The van der Waals surface area contributed by atoms with Gasteiger partial charge in [0.15, 0.2) is 12.6 Å². The predicted octanol–water partition coefficient (Wildman–Crippen LogP) is 8.07. The summed E-state index contributed by atoms with van der Waals surface area (Å²) in [4.78, 5) is 22.4. The molecule has 0 aliphatic carbocycles. The Hall–Kier alpha value is -1.50. The van der Waals surface area contributed by atoms with Crippen molar-refractivity contribution in [1.82, 2.24) is 4.90 Å². The number of unbranched alkanes of at least 4 members (excludes halogenated alkanes) is 13. The molecule has 0 saturated carbocycles. The zero-order valence-corrected chi connectivity index (χ0v) is 45.0. The maximum Gasteiger partial charge on any atom is 0.311 e. The first kappa shape index (κ1) is 60.8. The molecule has 0 unspecified atom stereocenters. The van der Waals surface area contributed by atoms with Crippen molar-refractivity contribution < 1.29 is 63.6 Å². The largest absolute Gasteiger partial charge is 0.459 e. The Labute approximate surface area is 411 Å². The number of hydrogen-bond donors (Lipinski definition) is 5. The highest BCUT2D eigenvalue weighted by molar-refractivity contribution is 5.88. The van der Waals surface area contributed by atoms with Gasteiger partial charge in [0.25, 0.3) is 0 Å². The van der Waals surface area contributed by atoms with Crippen molar-refractivity contribution in [2.45, 2.75) is 276 Å². The summed E-state index contributed by atoms with van der Waals surface area (Å²) in [5, 5.41) is 64.6. The van der Waals surface area contributed by atoms with E-state index >= 15 is 0 Å². The summed E-state index contributed by atoms with van der Waals surface area (Å²) in [5.41, 5.74) is -4.27. The van der Waals surface area contributed by atoms with E-state index in [1.807, 2.05) is 39.8 Å². The molecule has 5 N–H and O–H groups in total. The summed E-state index contributed by atoms with van der Waals surface area (Å²) in [6.07, 6.45) is 8.20. The van der Waals surface area contributed by atoms with Crippen molar-refractivity contribution in [3.8, 4) is 0 Å². The van der Waals surface area contributed by atoms with Crippen LogP contribution in [0.5, 0.6) is 0 Å². The van der Waals surface area contributed by atoms with Crippen molar-refractivity contribution >= 4 is 11.7 Å². The molecule has 15 heteroatoms. The molecule has 15 nitrogen and oxygen atoms in total. The normalized spacial score (nSPS) is 40.9. The van der Waals surface area contributed by atoms with E-state index in [1.165, 1.54) is 84.7 Å². The monoisotopic (exact) mass is 973 g/mol. The zero-order chi connectivity index (χ0) is 51.0. The van der Waals surface area contributed by atoms with Crippen LogP contribution in [0.2, 0.25) is 0 Å². The highest BCUT2D eigenvalue weighted by Gasteiger charge is 2.53. The number of esters is 1. The van der Waals surface area contributed by atoms with E-state index in [0.29, 0.717) is 18.7 Å². The van der Waals surface area contributed by atoms with Crippen LogP contribution in [0.1, 0.15) is 192 Å². The Bertz CT molecular complexity index is 1470. The molecule has 400 valence electrons. The summed E-state index contributed by atoms with van der Waals surface area (Å²) in [5.74, 6) is -3.91. The maximum absolute atomic E-state index is 14.5. The van der Waals surface area contributed by atoms with Crippen LogP contribution >= 0.6 is 0 Å². The number of rotatable bonds is 23. The average Bonchev–Trinajstić information content (AvgIpc) is 3.28. The Morgan fingerprint density at radius 1 is 0.750 bits per heavy atom. The number of carbonyl (C=O) groups is 1. The van der Waals surface area contributed by atoms with E-state index in [9.17, 15) is 30.3 Å². The van der Waals surface area contributed by atoms with Gasteiger partial charge in [0.05, 0.1) is 53.4 Å². The Morgan fingerprint density at radius 3 is 1.84 bits per heavy atom. The molecular weight excluding hydrogens is 873 g/mol. The smallest absolute Gasteiger partial charge is 0.311 e. The molecule has 0 bridgehead atoms. The molecule has 3 saturated heterocycles. The second kappa shape index (κ2) is 28.7. The third-order valence-corrected chi connectivity index (χ3v) is 15.6. The lowest BCUT2D eigenvalue weighted by atomic mass is 9.73. The number of hydrogen-bond acceptors (Lipinski definition) is 15. The minimum Gasteiger partial charge on any atom is -0.459 e. The topological polar surface area (TPSA) is 198 Å². The summed E-state index contributed by atoms with van der Waals surface area (Å²) < 4.78 is 38.1. The molecule has 0 aromatic carbocycles. The van der Waals surface area contributed by atoms with Gasteiger partial charge in [-0.15, -0.1) is 0 Å². The third-order valence-electron chi connectivity index (χ3n) is 15.6. The van der Waals surface area contributed by atoms with Crippen molar-refractivity contribution in [2.75, 3.05) is 27.8 Å². The number of aliphatic hydroxyl groups is 5. The molecule has 3 rings (SSSR count). The van der Waals surface area contributed by atoms with Gasteiger partial charge in [-0.25, -0.2) is 0 Å². The van der Waals surface area contributed by atoms with Gasteiger partial charge in [0.1, 0.15) is 30.5 Å². The first-order valence-electron chi connectivity index (χ1n) is 26.7. The number of likely N-dealkylation sites (N-methyl/N-ethyl adjacent to an activating group) is 1. The summed E-state index contributed by atoms with van der Waals surface area (Å²) >= 11 is 0. The number of aliphatic hydroxyl groups excluding tert-OH is 3. The van der Waals surface area contributed by atoms with Gasteiger partial charge in [-0.05, 0) is 87.7 Å². The molecule has 68 heavy (non-hydrogen) atoms. The molecule has 0 aromatic rings. The lowest BCUT2D eigenvalue weighted by Crippen LogP contribution is -2.61. The van der Waals surface area contributed by atoms with Crippen molar-refractivity contribution in [3.05, 3.63) is 0 Å². The van der Waals surface area contributed by atoms with Crippen LogP contribution in [-0.2, 0) is 38.1 Å². The van der Waals surface area contributed by atoms with Crippen LogP contribution in [0.25, 0.3) is 0 Å². The first-order valence-corrected chi connectivity index (χ1v) is 26.7. The van der Waals surface area contributed by atoms with Crippen LogP contribution in [0.3, 0.4) is 0 Å². The van der Waals surface area contributed by atoms with Gasteiger partial charge in [-0.3, -0.25) is 4.79 Å².